The van der Waals surface area contributed by atoms with E-state index in [1.54, 1.807) is 11.3 Å². The molecule has 0 saturated heterocycles. The van der Waals surface area contributed by atoms with E-state index in [9.17, 15) is 0 Å². The highest BCUT2D eigenvalue weighted by Crippen LogP contribution is 2.28. The molecule has 1 heterocycles. The number of halogens is 1. The Bertz CT molecular complexity index is 824. The molecule has 2 aromatic carbocycles. The zero-order chi connectivity index (χ0) is 15.7. The van der Waals surface area contributed by atoms with Gasteiger partial charge in [0.05, 0.1) is 5.69 Å². The zero-order valence-electron chi connectivity index (χ0n) is 13.8. The molecule has 3 rings (SSSR count). The number of hydrogen-bond donors (Lipinski definition) is 1. The molecule has 0 atom stereocenters. The lowest BCUT2D eigenvalue weighted by atomic mass is 10.1. The van der Waals surface area contributed by atoms with Crippen LogP contribution < -0.4 is 5.32 Å². The monoisotopic (exact) mass is 388 g/mol. The molecule has 120 valence electrons. The number of thiazole rings is 1. The maximum Gasteiger partial charge on any atom is 0.187 e. The van der Waals surface area contributed by atoms with E-state index in [2.05, 4.69) is 74.8 Å². The Morgan fingerprint density at radius 3 is 2.13 bits per heavy atom. The van der Waals surface area contributed by atoms with Crippen LogP contribution in [0, 0.1) is 27.7 Å². The Hall–Kier alpha value is -1.65. The first kappa shape index (κ1) is 17.7. The number of aromatic nitrogens is 1. The van der Waals surface area contributed by atoms with E-state index in [1.807, 2.05) is 0 Å². The van der Waals surface area contributed by atoms with Crippen molar-refractivity contribution in [2.45, 2.75) is 27.7 Å². The van der Waals surface area contributed by atoms with Crippen LogP contribution >= 0.6 is 28.3 Å². The van der Waals surface area contributed by atoms with Crippen LogP contribution in [-0.2, 0) is 0 Å². The maximum atomic E-state index is 4.71. The van der Waals surface area contributed by atoms with Crippen LogP contribution in [0.2, 0.25) is 0 Å². The van der Waals surface area contributed by atoms with Gasteiger partial charge in [-0.05, 0) is 68.1 Å². The first-order valence-corrected chi connectivity index (χ1v) is 8.28. The van der Waals surface area contributed by atoms with Gasteiger partial charge in [0.25, 0.3) is 0 Å². The van der Waals surface area contributed by atoms with E-state index >= 15 is 0 Å². The number of rotatable bonds is 3. The second kappa shape index (κ2) is 7.28. The molecule has 0 aliphatic carbocycles. The Kier molecular flexibility index (Phi) is 5.60. The Labute approximate surface area is 152 Å². The summed E-state index contributed by atoms with van der Waals surface area (Å²) < 4.78 is 0. The molecule has 0 fully saturated rings. The number of nitrogens with one attached hydrogen (secondary N) is 1. The molecule has 2 nitrogen and oxygen atoms in total. The molecule has 0 bridgehead atoms. The smallest absolute Gasteiger partial charge is 0.187 e. The van der Waals surface area contributed by atoms with Crippen molar-refractivity contribution >= 4 is 39.1 Å². The topological polar surface area (TPSA) is 24.9 Å². The Morgan fingerprint density at radius 2 is 1.48 bits per heavy atom. The van der Waals surface area contributed by atoms with Gasteiger partial charge in [-0.1, -0.05) is 18.2 Å². The summed E-state index contributed by atoms with van der Waals surface area (Å²) in [6, 6.07) is 12.9. The van der Waals surface area contributed by atoms with Crippen molar-refractivity contribution in [2.75, 3.05) is 5.32 Å². The Balaban J connectivity index is 0.00000192. The third-order valence-electron chi connectivity index (χ3n) is 4.07. The minimum absolute atomic E-state index is 0. The predicted octanol–water partition coefficient (Wildman–Crippen LogP) is 6.37. The van der Waals surface area contributed by atoms with Gasteiger partial charge >= 0.3 is 0 Å². The van der Waals surface area contributed by atoms with E-state index in [4.69, 9.17) is 4.98 Å². The summed E-state index contributed by atoms with van der Waals surface area (Å²) >= 11 is 1.64. The summed E-state index contributed by atoms with van der Waals surface area (Å²) in [5.41, 5.74) is 8.49. The molecular weight excluding hydrogens is 368 g/mol. The number of hydrogen-bond acceptors (Lipinski definition) is 3. The van der Waals surface area contributed by atoms with Crippen LogP contribution in [0.3, 0.4) is 0 Å². The number of benzene rings is 2. The average molecular weight is 389 g/mol. The molecule has 4 heteroatoms. The van der Waals surface area contributed by atoms with Crippen LogP contribution in [0.5, 0.6) is 0 Å². The molecule has 0 radical (unpaired) electrons. The normalized spacial score (nSPS) is 10.3. The van der Waals surface area contributed by atoms with Gasteiger partial charge in [0.15, 0.2) is 5.13 Å². The second-order valence-electron chi connectivity index (χ2n) is 5.76. The quantitative estimate of drug-likeness (QED) is 0.563. The summed E-state index contributed by atoms with van der Waals surface area (Å²) in [6.07, 6.45) is 0. The lowest BCUT2D eigenvalue weighted by Gasteiger charge is -2.06. The van der Waals surface area contributed by atoms with Crippen LogP contribution in [0.15, 0.2) is 41.8 Å². The number of nitrogens with zero attached hydrogens (tertiary/aromatic N) is 1. The van der Waals surface area contributed by atoms with Gasteiger partial charge in [-0.2, -0.15) is 0 Å². The average Bonchev–Trinajstić information content (AvgIpc) is 2.94. The van der Waals surface area contributed by atoms with E-state index in [-0.39, 0.29) is 17.0 Å². The minimum atomic E-state index is 0. The highest BCUT2D eigenvalue weighted by atomic mass is 79.9. The first-order valence-electron chi connectivity index (χ1n) is 7.40. The summed E-state index contributed by atoms with van der Waals surface area (Å²) in [4.78, 5) is 4.71. The van der Waals surface area contributed by atoms with E-state index in [0.29, 0.717) is 0 Å². The molecule has 1 N–H and O–H groups in total. The van der Waals surface area contributed by atoms with Crippen LogP contribution in [-0.4, -0.2) is 4.98 Å². The zero-order valence-corrected chi connectivity index (χ0v) is 16.3. The molecule has 0 aliphatic rings. The highest BCUT2D eigenvalue weighted by molar-refractivity contribution is 8.93. The molecule has 0 unspecified atom stereocenters. The first-order chi connectivity index (χ1) is 10.5. The van der Waals surface area contributed by atoms with Crippen molar-refractivity contribution in [2.24, 2.45) is 0 Å². The van der Waals surface area contributed by atoms with Gasteiger partial charge in [-0.15, -0.1) is 28.3 Å². The molecule has 1 aromatic heterocycles. The summed E-state index contributed by atoms with van der Waals surface area (Å²) in [7, 11) is 0. The maximum absolute atomic E-state index is 4.71. The molecule has 0 amide bonds. The van der Waals surface area contributed by atoms with Crippen molar-refractivity contribution < 1.29 is 0 Å². The van der Waals surface area contributed by atoms with Crippen molar-refractivity contribution in [3.8, 4) is 11.3 Å². The molecule has 3 aromatic rings. The largest absolute Gasteiger partial charge is 0.332 e. The summed E-state index contributed by atoms with van der Waals surface area (Å²) in [6.45, 7) is 8.52. The van der Waals surface area contributed by atoms with Crippen molar-refractivity contribution in [3.05, 3.63) is 64.0 Å². The van der Waals surface area contributed by atoms with Crippen LogP contribution in [0.4, 0.5) is 10.8 Å². The van der Waals surface area contributed by atoms with E-state index < -0.39 is 0 Å². The molecule has 0 saturated carbocycles. The lowest BCUT2D eigenvalue weighted by molar-refractivity contribution is 1.31. The van der Waals surface area contributed by atoms with Crippen molar-refractivity contribution in [1.29, 1.82) is 0 Å². The van der Waals surface area contributed by atoms with Crippen LogP contribution in [0.1, 0.15) is 22.3 Å². The van der Waals surface area contributed by atoms with Gasteiger partial charge in [-0.3, -0.25) is 0 Å². The van der Waals surface area contributed by atoms with Gasteiger partial charge in [0.2, 0.25) is 0 Å². The molecular formula is C19H21BrN2S. The third kappa shape index (κ3) is 4.01. The minimum Gasteiger partial charge on any atom is -0.332 e. The molecule has 0 spiro atoms. The van der Waals surface area contributed by atoms with E-state index in [0.717, 1.165) is 16.5 Å². The number of anilines is 2. The lowest BCUT2D eigenvalue weighted by Crippen LogP contribution is -1.91. The standard InChI is InChI=1S/C19H20N2S.BrH/c1-12-5-7-16(9-14(12)3)18-11-22-19(21-18)20-17-8-6-13(2)15(4)10-17;/h5-11H,1-4H3,(H,20,21);1H. The fourth-order valence-corrected chi connectivity index (χ4v) is 3.05. The highest BCUT2D eigenvalue weighted by Gasteiger charge is 2.06. The third-order valence-corrected chi connectivity index (χ3v) is 4.82. The van der Waals surface area contributed by atoms with Gasteiger partial charge in [0.1, 0.15) is 0 Å². The predicted molar refractivity (Wildman–Crippen MR) is 107 cm³/mol. The molecule has 23 heavy (non-hydrogen) atoms. The fourth-order valence-electron chi connectivity index (χ4n) is 2.31. The SMILES string of the molecule is Br.Cc1ccc(Nc2nc(-c3ccc(C)c(C)c3)cs2)cc1C. The van der Waals surface area contributed by atoms with Crippen molar-refractivity contribution in [1.82, 2.24) is 4.98 Å². The Morgan fingerprint density at radius 1 is 0.826 bits per heavy atom. The van der Waals surface area contributed by atoms with E-state index in [1.165, 1.54) is 27.8 Å². The van der Waals surface area contributed by atoms with Crippen LogP contribution in [0.25, 0.3) is 11.3 Å². The fraction of sp³-hybridized carbons (Fsp3) is 0.211. The van der Waals surface area contributed by atoms with Gasteiger partial charge < -0.3 is 5.32 Å². The summed E-state index contributed by atoms with van der Waals surface area (Å²) in [5, 5.41) is 6.43. The van der Waals surface area contributed by atoms with Gasteiger partial charge in [-0.25, -0.2) is 4.98 Å². The van der Waals surface area contributed by atoms with Crippen molar-refractivity contribution in [3.63, 3.8) is 0 Å². The van der Waals surface area contributed by atoms with Gasteiger partial charge in [0, 0.05) is 16.6 Å². The number of aryl methyl sites for hydroxylation is 4. The molecule has 0 aliphatic heterocycles. The second-order valence-corrected chi connectivity index (χ2v) is 6.62. The summed E-state index contributed by atoms with van der Waals surface area (Å²) in [5.74, 6) is 0.